The highest BCUT2D eigenvalue weighted by atomic mass is 35.5. The number of aromatic nitrogens is 1. The molecule has 0 aliphatic heterocycles. The van der Waals surface area contributed by atoms with Crippen molar-refractivity contribution < 1.29 is 14.1 Å². The molecule has 2 aromatic carbocycles. The smallest absolute Gasteiger partial charge is 0.251 e. The lowest BCUT2D eigenvalue weighted by molar-refractivity contribution is 0.0939. The molecule has 6 heteroatoms. The Morgan fingerprint density at radius 2 is 2.00 bits per heavy atom. The van der Waals surface area contributed by atoms with E-state index < -0.39 is 0 Å². The quantitative estimate of drug-likeness (QED) is 0.648. The van der Waals surface area contributed by atoms with Crippen molar-refractivity contribution in [1.29, 1.82) is 0 Å². The molecular formula is C21H21ClN2O3. The summed E-state index contributed by atoms with van der Waals surface area (Å²) in [6.45, 7) is 5.97. The third-order valence-electron chi connectivity index (χ3n) is 4.36. The van der Waals surface area contributed by atoms with Crippen molar-refractivity contribution in [2.75, 3.05) is 0 Å². The highest BCUT2D eigenvalue weighted by molar-refractivity contribution is 6.30. The van der Waals surface area contributed by atoms with Crippen molar-refractivity contribution in [2.45, 2.75) is 33.4 Å². The van der Waals surface area contributed by atoms with Crippen molar-refractivity contribution in [2.24, 2.45) is 0 Å². The Hall–Kier alpha value is -2.79. The van der Waals surface area contributed by atoms with E-state index in [1.165, 1.54) is 0 Å². The van der Waals surface area contributed by atoms with Crippen LogP contribution in [0.3, 0.4) is 0 Å². The second-order valence-corrected chi connectivity index (χ2v) is 6.81. The number of carbonyl (C=O) groups excluding carboxylic acids is 1. The van der Waals surface area contributed by atoms with Crippen molar-refractivity contribution >= 4 is 17.5 Å². The summed E-state index contributed by atoms with van der Waals surface area (Å²) in [5.74, 6) is 1.17. The van der Waals surface area contributed by atoms with Gasteiger partial charge in [0.2, 0.25) is 0 Å². The molecule has 0 bridgehead atoms. The summed E-state index contributed by atoms with van der Waals surface area (Å²) in [6, 6.07) is 14.4. The number of carbonyl (C=O) groups is 1. The molecule has 3 aromatic rings. The van der Waals surface area contributed by atoms with Crippen LogP contribution in [0, 0.1) is 13.8 Å². The van der Waals surface area contributed by atoms with Gasteiger partial charge in [-0.3, -0.25) is 4.79 Å². The van der Waals surface area contributed by atoms with Crippen LogP contribution in [0.5, 0.6) is 5.75 Å². The molecule has 27 heavy (non-hydrogen) atoms. The monoisotopic (exact) mass is 384 g/mol. The van der Waals surface area contributed by atoms with Crippen molar-refractivity contribution in [1.82, 2.24) is 10.5 Å². The maximum Gasteiger partial charge on any atom is 0.251 e. The van der Waals surface area contributed by atoms with Gasteiger partial charge < -0.3 is 14.6 Å². The van der Waals surface area contributed by atoms with Crippen molar-refractivity contribution in [3.8, 4) is 5.75 Å². The first-order valence-electron chi connectivity index (χ1n) is 8.65. The fourth-order valence-electron chi connectivity index (χ4n) is 2.73. The maximum atomic E-state index is 12.6. The van der Waals surface area contributed by atoms with Gasteiger partial charge in [-0.05, 0) is 56.7 Å². The second-order valence-electron chi connectivity index (χ2n) is 6.37. The lowest BCUT2D eigenvalue weighted by Gasteiger charge is -2.15. The van der Waals surface area contributed by atoms with E-state index >= 15 is 0 Å². The Morgan fingerprint density at radius 1 is 1.22 bits per heavy atom. The summed E-state index contributed by atoms with van der Waals surface area (Å²) in [6.07, 6.45) is 0. The standard InChI is InChI=1S/C21H21ClN2O3/c1-13(16-6-4-8-18(22)10-16)23-21(25)17-7-5-9-19(11-17)26-12-20-14(2)24-27-15(20)3/h4-11,13H,12H2,1-3H3,(H,23,25)/t13-/m0/s1. The predicted octanol–water partition coefficient (Wildman–Crippen LogP) is 5.01. The van der Waals surface area contributed by atoms with E-state index in [4.69, 9.17) is 20.9 Å². The lowest BCUT2D eigenvalue weighted by atomic mass is 10.1. The third kappa shape index (κ3) is 4.68. The number of hydrogen-bond donors (Lipinski definition) is 1. The van der Waals surface area contributed by atoms with E-state index in [2.05, 4.69) is 10.5 Å². The van der Waals surface area contributed by atoms with E-state index in [-0.39, 0.29) is 11.9 Å². The molecule has 0 saturated carbocycles. The van der Waals surface area contributed by atoms with Gasteiger partial charge in [-0.2, -0.15) is 0 Å². The predicted molar refractivity (Wildman–Crippen MR) is 104 cm³/mol. The molecular weight excluding hydrogens is 364 g/mol. The zero-order valence-corrected chi connectivity index (χ0v) is 16.2. The van der Waals surface area contributed by atoms with Gasteiger partial charge in [-0.15, -0.1) is 0 Å². The molecule has 0 saturated heterocycles. The van der Waals surface area contributed by atoms with Gasteiger partial charge >= 0.3 is 0 Å². The Bertz CT molecular complexity index is 933. The van der Waals surface area contributed by atoms with E-state index in [1.807, 2.05) is 45.0 Å². The minimum Gasteiger partial charge on any atom is -0.489 e. The normalized spacial score (nSPS) is 11.9. The molecule has 0 aliphatic carbocycles. The molecule has 140 valence electrons. The van der Waals surface area contributed by atoms with Gasteiger partial charge in [0.1, 0.15) is 18.1 Å². The molecule has 0 spiro atoms. The molecule has 0 aliphatic rings. The summed E-state index contributed by atoms with van der Waals surface area (Å²) in [5, 5.41) is 7.53. The van der Waals surface area contributed by atoms with E-state index in [1.54, 1.807) is 24.3 Å². The summed E-state index contributed by atoms with van der Waals surface area (Å²) < 4.78 is 10.9. The van der Waals surface area contributed by atoms with Crippen LogP contribution in [0.1, 0.15) is 45.9 Å². The number of nitrogens with zero attached hydrogens (tertiary/aromatic N) is 1. The Morgan fingerprint density at radius 3 is 2.70 bits per heavy atom. The number of hydrogen-bond acceptors (Lipinski definition) is 4. The average molecular weight is 385 g/mol. The molecule has 1 N–H and O–H groups in total. The van der Waals surface area contributed by atoms with Crippen molar-refractivity contribution in [3.63, 3.8) is 0 Å². The first-order chi connectivity index (χ1) is 12.9. The van der Waals surface area contributed by atoms with E-state index in [9.17, 15) is 4.79 Å². The van der Waals surface area contributed by atoms with E-state index in [0.29, 0.717) is 22.9 Å². The number of rotatable bonds is 6. The fraction of sp³-hybridized carbons (Fsp3) is 0.238. The topological polar surface area (TPSA) is 64.4 Å². The summed E-state index contributed by atoms with van der Waals surface area (Å²) >= 11 is 6.02. The van der Waals surface area contributed by atoms with Gasteiger partial charge in [0.05, 0.1) is 17.3 Å². The van der Waals surface area contributed by atoms with Crippen LogP contribution in [0.15, 0.2) is 53.1 Å². The van der Waals surface area contributed by atoms with Crippen LogP contribution < -0.4 is 10.1 Å². The van der Waals surface area contributed by atoms with Gasteiger partial charge in [-0.25, -0.2) is 0 Å². The molecule has 0 radical (unpaired) electrons. The number of aryl methyl sites for hydroxylation is 2. The number of ether oxygens (including phenoxy) is 1. The zero-order valence-electron chi connectivity index (χ0n) is 15.5. The van der Waals surface area contributed by atoms with Crippen LogP contribution in [0.25, 0.3) is 0 Å². The van der Waals surface area contributed by atoms with Crippen LogP contribution in [-0.4, -0.2) is 11.1 Å². The minimum absolute atomic E-state index is 0.164. The molecule has 5 nitrogen and oxygen atoms in total. The third-order valence-corrected chi connectivity index (χ3v) is 4.59. The second kappa shape index (κ2) is 8.27. The van der Waals surface area contributed by atoms with Gasteiger partial charge in [0.25, 0.3) is 5.91 Å². The Labute approximate surface area is 163 Å². The van der Waals surface area contributed by atoms with Crippen LogP contribution >= 0.6 is 11.6 Å². The fourth-order valence-corrected chi connectivity index (χ4v) is 2.93. The molecule has 1 amide bonds. The summed E-state index contributed by atoms with van der Waals surface area (Å²) in [4.78, 5) is 12.6. The van der Waals surface area contributed by atoms with Crippen LogP contribution in [0.2, 0.25) is 5.02 Å². The zero-order chi connectivity index (χ0) is 19.4. The number of amides is 1. The van der Waals surface area contributed by atoms with Gasteiger partial charge in [0.15, 0.2) is 0 Å². The molecule has 1 heterocycles. The number of nitrogens with one attached hydrogen (secondary N) is 1. The first kappa shape index (κ1) is 19.0. The van der Waals surface area contributed by atoms with Crippen LogP contribution in [-0.2, 0) is 6.61 Å². The van der Waals surface area contributed by atoms with Gasteiger partial charge in [-0.1, -0.05) is 35.0 Å². The van der Waals surface area contributed by atoms with Crippen molar-refractivity contribution in [3.05, 3.63) is 81.7 Å². The Kier molecular flexibility index (Phi) is 5.81. The van der Waals surface area contributed by atoms with E-state index in [0.717, 1.165) is 22.6 Å². The highest BCUT2D eigenvalue weighted by Crippen LogP contribution is 2.20. The highest BCUT2D eigenvalue weighted by Gasteiger charge is 2.13. The summed E-state index contributed by atoms with van der Waals surface area (Å²) in [5.41, 5.74) is 3.19. The number of halogens is 1. The molecule has 0 unspecified atom stereocenters. The maximum absolute atomic E-state index is 12.6. The minimum atomic E-state index is -0.176. The SMILES string of the molecule is Cc1noc(C)c1COc1cccc(C(=O)N[C@@H](C)c2cccc(Cl)c2)c1. The van der Waals surface area contributed by atoms with Crippen LogP contribution in [0.4, 0.5) is 0 Å². The van der Waals surface area contributed by atoms with Gasteiger partial charge in [0, 0.05) is 10.6 Å². The Balaban J connectivity index is 1.66. The molecule has 0 fully saturated rings. The largest absolute Gasteiger partial charge is 0.489 e. The molecule has 3 rings (SSSR count). The number of benzene rings is 2. The first-order valence-corrected chi connectivity index (χ1v) is 9.03. The summed E-state index contributed by atoms with van der Waals surface area (Å²) in [7, 11) is 0. The molecule has 1 atom stereocenters. The molecule has 1 aromatic heterocycles. The lowest BCUT2D eigenvalue weighted by Crippen LogP contribution is -2.26. The average Bonchev–Trinajstić information content (AvgIpc) is 2.98.